The topological polar surface area (TPSA) is 34.9 Å². The minimum atomic E-state index is 0.0586. The highest BCUT2D eigenvalue weighted by Crippen LogP contribution is 2.51. The van der Waals surface area contributed by atoms with Gasteiger partial charge in [0.2, 0.25) is 0 Å². The van der Waals surface area contributed by atoms with Crippen molar-refractivity contribution >= 4 is 22.7 Å². The predicted octanol–water partition coefficient (Wildman–Crippen LogP) is 6.30. The molecule has 0 bridgehead atoms. The van der Waals surface area contributed by atoms with E-state index in [-0.39, 0.29) is 10.8 Å². The van der Waals surface area contributed by atoms with Crippen molar-refractivity contribution in [2.45, 2.75) is 37.2 Å². The number of aromatic nitrogens is 2. The Hall–Kier alpha value is -2.85. The van der Waals surface area contributed by atoms with Gasteiger partial charge in [-0.15, -0.1) is 0 Å². The lowest BCUT2D eigenvalue weighted by Gasteiger charge is -2.18. The van der Waals surface area contributed by atoms with Gasteiger partial charge in [-0.05, 0) is 46.7 Å². The van der Waals surface area contributed by atoms with Gasteiger partial charge < -0.3 is 0 Å². The number of thioether (sulfide) groups is 1. The van der Waals surface area contributed by atoms with E-state index >= 15 is 0 Å². The normalized spacial score (nSPS) is 13.0. The molecule has 0 unspecified atom stereocenters. The van der Waals surface area contributed by atoms with E-state index in [1.54, 1.807) is 11.8 Å². The summed E-state index contributed by atoms with van der Waals surface area (Å²) in [6.07, 6.45) is 0.950. The van der Waals surface area contributed by atoms with E-state index in [4.69, 9.17) is 4.98 Å². The highest BCUT2D eigenvalue weighted by atomic mass is 32.2. The zero-order valence-electron chi connectivity index (χ0n) is 17.2. The van der Waals surface area contributed by atoms with Crippen LogP contribution < -0.4 is 5.56 Å². The first-order valence-electron chi connectivity index (χ1n) is 10.5. The Morgan fingerprint density at radius 3 is 2.17 bits per heavy atom. The van der Waals surface area contributed by atoms with E-state index in [1.807, 2.05) is 28.8 Å². The monoisotopic (exact) mass is 412 g/mol. The molecule has 0 atom stereocenters. The molecule has 5 rings (SSSR count). The second-order valence-corrected chi connectivity index (χ2v) is 9.30. The molecule has 0 fully saturated rings. The van der Waals surface area contributed by atoms with Crippen LogP contribution in [-0.2, 0) is 6.54 Å². The fraction of sp³-hybridized carbons (Fsp3) is 0.231. The molecule has 3 aromatic carbocycles. The molecule has 3 nitrogen and oxygen atoms in total. The average molecular weight is 413 g/mol. The summed E-state index contributed by atoms with van der Waals surface area (Å²) in [5, 5.41) is 1.63. The van der Waals surface area contributed by atoms with Crippen LogP contribution in [0.5, 0.6) is 0 Å². The van der Waals surface area contributed by atoms with Crippen LogP contribution in [0.25, 0.3) is 22.0 Å². The molecule has 1 aromatic heterocycles. The van der Waals surface area contributed by atoms with Gasteiger partial charge in [0.15, 0.2) is 5.16 Å². The van der Waals surface area contributed by atoms with Crippen molar-refractivity contribution < 1.29 is 0 Å². The summed E-state index contributed by atoms with van der Waals surface area (Å²) in [4.78, 5) is 18.3. The molecule has 1 heterocycles. The molecule has 4 heteroatoms. The van der Waals surface area contributed by atoms with Gasteiger partial charge in [-0.1, -0.05) is 86.3 Å². The number of benzene rings is 3. The summed E-state index contributed by atoms with van der Waals surface area (Å²) in [6.45, 7) is 5.07. The largest absolute Gasteiger partial charge is 0.287 e. The highest BCUT2D eigenvalue weighted by Gasteiger charge is 2.30. The van der Waals surface area contributed by atoms with Crippen molar-refractivity contribution in [2.24, 2.45) is 5.92 Å². The van der Waals surface area contributed by atoms with Crippen LogP contribution in [0.2, 0.25) is 0 Å². The Kier molecular flexibility index (Phi) is 4.95. The summed E-state index contributed by atoms with van der Waals surface area (Å²) < 4.78 is 1.89. The number of fused-ring (bicyclic) bond motifs is 4. The zero-order chi connectivity index (χ0) is 20.7. The van der Waals surface area contributed by atoms with E-state index in [9.17, 15) is 4.79 Å². The molecule has 4 aromatic rings. The quantitative estimate of drug-likeness (QED) is 0.361. The Morgan fingerprint density at radius 2 is 1.50 bits per heavy atom. The van der Waals surface area contributed by atoms with Gasteiger partial charge in [0.05, 0.1) is 16.2 Å². The van der Waals surface area contributed by atoms with Crippen LogP contribution in [-0.4, -0.2) is 9.55 Å². The smallest absolute Gasteiger partial charge is 0.262 e. The Labute approximate surface area is 180 Å². The second-order valence-electron chi connectivity index (χ2n) is 8.22. The van der Waals surface area contributed by atoms with Crippen molar-refractivity contribution in [1.82, 2.24) is 9.55 Å². The zero-order valence-corrected chi connectivity index (χ0v) is 18.0. The molecule has 30 heavy (non-hydrogen) atoms. The number of para-hydroxylation sites is 1. The minimum absolute atomic E-state index is 0.0586. The standard InChI is InChI=1S/C26H24N2OS/c1-17(2)15-16-28-25(29)22-13-7-8-14-23(22)27-26(28)30-24-20-11-5-3-9-18(20)19-10-4-6-12-21(19)24/h3-14,17,24H,15-16H2,1-2H3. The Bertz CT molecular complexity index is 1250. The summed E-state index contributed by atoms with van der Waals surface area (Å²) in [5.41, 5.74) is 5.97. The van der Waals surface area contributed by atoms with Gasteiger partial charge in [-0.3, -0.25) is 9.36 Å². The molecular weight excluding hydrogens is 388 g/mol. The van der Waals surface area contributed by atoms with Crippen LogP contribution in [0.4, 0.5) is 0 Å². The third-order valence-corrected chi connectivity index (χ3v) is 7.02. The van der Waals surface area contributed by atoms with Gasteiger partial charge in [0.25, 0.3) is 5.56 Å². The maximum atomic E-state index is 13.3. The minimum Gasteiger partial charge on any atom is -0.287 e. The SMILES string of the molecule is CC(C)CCn1c(SC2c3ccccc3-c3ccccc32)nc2ccccc2c1=O. The first-order valence-corrected chi connectivity index (χ1v) is 11.4. The maximum Gasteiger partial charge on any atom is 0.262 e. The third-order valence-electron chi connectivity index (χ3n) is 5.76. The van der Waals surface area contributed by atoms with Crippen LogP contribution in [0, 0.1) is 5.92 Å². The molecule has 0 N–H and O–H groups in total. The molecule has 1 aliphatic carbocycles. The van der Waals surface area contributed by atoms with E-state index in [1.165, 1.54) is 22.3 Å². The van der Waals surface area contributed by atoms with Crippen LogP contribution in [0.3, 0.4) is 0 Å². The van der Waals surface area contributed by atoms with Crippen molar-refractivity contribution in [1.29, 1.82) is 0 Å². The van der Waals surface area contributed by atoms with Gasteiger partial charge in [-0.25, -0.2) is 4.98 Å². The van der Waals surface area contributed by atoms with E-state index < -0.39 is 0 Å². The van der Waals surface area contributed by atoms with E-state index in [2.05, 4.69) is 62.4 Å². The lowest BCUT2D eigenvalue weighted by Crippen LogP contribution is -2.24. The lowest BCUT2D eigenvalue weighted by molar-refractivity contribution is 0.480. The summed E-state index contributed by atoms with van der Waals surface area (Å²) in [7, 11) is 0. The fourth-order valence-electron chi connectivity index (χ4n) is 4.16. The number of nitrogens with zero attached hydrogens (tertiary/aromatic N) is 2. The molecular formula is C26H24N2OS. The number of hydrogen-bond donors (Lipinski definition) is 0. The fourth-order valence-corrected chi connectivity index (χ4v) is 5.49. The second kappa shape index (κ2) is 7.77. The first kappa shape index (κ1) is 19.1. The van der Waals surface area contributed by atoms with Crippen LogP contribution in [0.1, 0.15) is 36.6 Å². The Balaban J connectivity index is 1.65. The Morgan fingerprint density at radius 1 is 0.900 bits per heavy atom. The highest BCUT2D eigenvalue weighted by molar-refractivity contribution is 7.99. The maximum absolute atomic E-state index is 13.3. The van der Waals surface area contributed by atoms with Gasteiger partial charge in [0, 0.05) is 6.54 Å². The van der Waals surface area contributed by atoms with Gasteiger partial charge in [-0.2, -0.15) is 0 Å². The number of hydrogen-bond acceptors (Lipinski definition) is 3. The molecule has 0 saturated carbocycles. The van der Waals surface area contributed by atoms with E-state index in [0.717, 1.165) is 17.1 Å². The average Bonchev–Trinajstić information content (AvgIpc) is 3.07. The van der Waals surface area contributed by atoms with Crippen LogP contribution in [0.15, 0.2) is 82.7 Å². The van der Waals surface area contributed by atoms with Gasteiger partial charge >= 0.3 is 0 Å². The van der Waals surface area contributed by atoms with E-state index in [0.29, 0.717) is 17.8 Å². The third kappa shape index (κ3) is 3.25. The first-order chi connectivity index (χ1) is 14.6. The molecule has 0 spiro atoms. The predicted molar refractivity (Wildman–Crippen MR) is 125 cm³/mol. The molecule has 0 aliphatic heterocycles. The van der Waals surface area contributed by atoms with Crippen molar-refractivity contribution in [3.63, 3.8) is 0 Å². The van der Waals surface area contributed by atoms with Gasteiger partial charge in [0.1, 0.15) is 0 Å². The molecule has 1 aliphatic rings. The molecule has 0 radical (unpaired) electrons. The molecule has 0 amide bonds. The summed E-state index contributed by atoms with van der Waals surface area (Å²) >= 11 is 1.70. The lowest BCUT2D eigenvalue weighted by atomic mass is 10.1. The van der Waals surface area contributed by atoms with Crippen molar-refractivity contribution in [3.05, 3.63) is 94.3 Å². The summed E-state index contributed by atoms with van der Waals surface area (Å²) in [5.74, 6) is 0.522. The molecule has 150 valence electrons. The number of rotatable bonds is 5. The van der Waals surface area contributed by atoms with Crippen molar-refractivity contribution in [3.8, 4) is 11.1 Å². The molecule has 0 saturated heterocycles. The summed E-state index contributed by atoms with van der Waals surface area (Å²) in [6, 6.07) is 24.8. The van der Waals surface area contributed by atoms with Crippen molar-refractivity contribution in [2.75, 3.05) is 0 Å². The van der Waals surface area contributed by atoms with Crippen LogP contribution >= 0.6 is 11.8 Å².